The molecule has 0 saturated carbocycles. The van der Waals surface area contributed by atoms with Crippen LogP contribution < -0.4 is 10.4 Å². The zero-order valence-corrected chi connectivity index (χ0v) is 19.9. The number of hydrogen-bond acceptors (Lipinski definition) is 9. The van der Waals surface area contributed by atoms with Gasteiger partial charge in [0.05, 0.1) is 17.5 Å². The van der Waals surface area contributed by atoms with Gasteiger partial charge in [-0.15, -0.1) is 5.48 Å². The fourth-order valence-electron chi connectivity index (χ4n) is 3.92. The summed E-state index contributed by atoms with van der Waals surface area (Å²) in [6.07, 6.45) is 1.70. The molecule has 12 nitrogen and oxygen atoms in total. The lowest BCUT2D eigenvalue weighted by molar-refractivity contribution is -0.131. The molecular formula is C22H29N7O5. The predicted molar refractivity (Wildman–Crippen MR) is 122 cm³/mol. The van der Waals surface area contributed by atoms with Crippen molar-refractivity contribution in [3.63, 3.8) is 0 Å². The number of nitrogens with one attached hydrogen (secondary N) is 1. The average Bonchev–Trinajstić information content (AvgIpc) is 3.20. The minimum Gasteiger partial charge on any atom is -0.442 e. The number of carbonyl (C=O) groups excluding carboxylic acids is 3. The van der Waals surface area contributed by atoms with E-state index in [4.69, 9.17) is 14.8 Å². The second-order valence-corrected chi connectivity index (χ2v) is 9.21. The van der Waals surface area contributed by atoms with Crippen LogP contribution in [-0.4, -0.2) is 69.3 Å². The number of hydrogen-bond donors (Lipinski definition) is 1. The van der Waals surface area contributed by atoms with E-state index in [9.17, 15) is 14.4 Å². The number of hydroxylamine groups is 1. The monoisotopic (exact) mass is 471 g/mol. The molecule has 12 heteroatoms. The number of nitriles is 1. The number of ether oxygens (including phenoxy) is 1. The van der Waals surface area contributed by atoms with Crippen LogP contribution >= 0.6 is 0 Å². The van der Waals surface area contributed by atoms with Crippen molar-refractivity contribution >= 4 is 34.9 Å². The normalized spacial score (nSPS) is 18.2. The second-order valence-electron chi connectivity index (χ2n) is 9.21. The summed E-state index contributed by atoms with van der Waals surface area (Å²) in [5.41, 5.74) is 1.52. The van der Waals surface area contributed by atoms with Gasteiger partial charge in [-0.05, 0) is 39.2 Å². The number of rotatable bonds is 3. The molecule has 0 bridgehead atoms. The fourth-order valence-corrected chi connectivity index (χ4v) is 3.92. The number of amides is 2. The van der Waals surface area contributed by atoms with Gasteiger partial charge in [-0.3, -0.25) is 4.79 Å². The Bertz CT molecular complexity index is 1120. The molecule has 2 atom stereocenters. The maximum absolute atomic E-state index is 12.5. The van der Waals surface area contributed by atoms with E-state index in [2.05, 4.69) is 16.9 Å². The summed E-state index contributed by atoms with van der Waals surface area (Å²) >= 11 is 0. The van der Waals surface area contributed by atoms with E-state index >= 15 is 0 Å². The van der Waals surface area contributed by atoms with Crippen molar-refractivity contribution in [3.05, 3.63) is 18.6 Å². The predicted octanol–water partition coefficient (Wildman–Crippen LogP) is 2.44. The summed E-state index contributed by atoms with van der Waals surface area (Å²) < 4.78 is 6.20. The lowest BCUT2D eigenvalue weighted by Crippen LogP contribution is -2.52. The van der Waals surface area contributed by atoms with Crippen LogP contribution in [0.5, 0.6) is 0 Å². The maximum Gasteiger partial charge on any atom is 0.444 e. The number of anilines is 1. The molecule has 2 aromatic heterocycles. The highest BCUT2D eigenvalue weighted by Crippen LogP contribution is 2.29. The molecule has 0 unspecified atom stereocenters. The minimum atomic E-state index is -0.894. The Morgan fingerprint density at radius 3 is 2.74 bits per heavy atom. The molecule has 182 valence electrons. The van der Waals surface area contributed by atoms with Crippen LogP contribution in [0, 0.1) is 17.2 Å². The highest BCUT2D eigenvalue weighted by molar-refractivity contribution is 5.93. The Labute approximate surface area is 197 Å². The van der Waals surface area contributed by atoms with Gasteiger partial charge in [0.1, 0.15) is 24.2 Å². The Morgan fingerprint density at radius 2 is 2.06 bits per heavy atom. The highest BCUT2D eigenvalue weighted by atomic mass is 16.7. The highest BCUT2D eigenvalue weighted by Gasteiger charge is 2.33. The lowest BCUT2D eigenvalue weighted by Gasteiger charge is -2.42. The number of carbonyl (C=O) groups is 3. The van der Waals surface area contributed by atoms with Gasteiger partial charge in [-0.25, -0.2) is 24.1 Å². The molecule has 1 fully saturated rings. The van der Waals surface area contributed by atoms with Crippen LogP contribution in [0.3, 0.4) is 0 Å². The van der Waals surface area contributed by atoms with E-state index in [0.29, 0.717) is 29.9 Å². The number of piperidine rings is 1. The molecule has 34 heavy (non-hydrogen) atoms. The SMILES string of the molecule is C[C@@H]1CCN(C(=O)CC#N)C[C@@H]1N(C)c1ncnc2c1ccn2C(=O)ONC(=O)OC(C)(C)C. The molecule has 3 rings (SSSR count). The van der Waals surface area contributed by atoms with Gasteiger partial charge in [0.2, 0.25) is 5.91 Å². The number of fused-ring (bicyclic) bond motifs is 1. The van der Waals surface area contributed by atoms with Crippen molar-refractivity contribution < 1.29 is 24.0 Å². The maximum atomic E-state index is 12.5. The first kappa shape index (κ1) is 24.8. The first-order chi connectivity index (χ1) is 16.0. The van der Waals surface area contributed by atoms with E-state index in [0.717, 1.165) is 11.0 Å². The van der Waals surface area contributed by atoms with Crippen LogP contribution in [0.1, 0.15) is 40.5 Å². The summed E-state index contributed by atoms with van der Waals surface area (Å²) in [5.74, 6) is 0.668. The lowest BCUT2D eigenvalue weighted by atomic mass is 9.92. The van der Waals surface area contributed by atoms with Crippen LogP contribution in [0.15, 0.2) is 18.6 Å². The smallest absolute Gasteiger partial charge is 0.442 e. The van der Waals surface area contributed by atoms with E-state index in [1.807, 2.05) is 23.5 Å². The molecule has 2 amide bonds. The van der Waals surface area contributed by atoms with E-state index in [1.165, 1.54) is 12.5 Å². The van der Waals surface area contributed by atoms with E-state index in [1.54, 1.807) is 31.7 Å². The molecule has 0 radical (unpaired) electrons. The van der Waals surface area contributed by atoms with Gasteiger partial charge in [0.15, 0.2) is 5.65 Å². The number of aromatic nitrogens is 3. The molecule has 2 aromatic rings. The van der Waals surface area contributed by atoms with Gasteiger partial charge in [0.25, 0.3) is 0 Å². The van der Waals surface area contributed by atoms with Crippen molar-refractivity contribution in [3.8, 4) is 6.07 Å². The standard InChI is InChI=1S/C22H29N7O5/c1-14-7-10-28(17(30)6-9-23)12-16(14)27(5)18-15-8-11-29(19(15)25-13-24-18)21(32)34-26-20(31)33-22(2,3)4/h8,11,13-14,16H,6-7,10,12H2,1-5H3,(H,26,31)/t14-,16+/m1/s1. The van der Waals surface area contributed by atoms with Gasteiger partial charge in [0, 0.05) is 26.3 Å². The third-order valence-corrected chi connectivity index (χ3v) is 5.61. The summed E-state index contributed by atoms with van der Waals surface area (Å²) in [6, 6.07) is 3.55. The summed E-state index contributed by atoms with van der Waals surface area (Å²) in [7, 11) is 1.88. The van der Waals surface area contributed by atoms with Crippen molar-refractivity contribution in [1.29, 1.82) is 5.26 Å². The number of likely N-dealkylation sites (N-methyl/N-ethyl adjacent to an activating group) is 1. The molecule has 3 heterocycles. The number of nitrogens with zero attached hydrogens (tertiary/aromatic N) is 6. The Morgan fingerprint density at radius 1 is 1.32 bits per heavy atom. The van der Waals surface area contributed by atoms with E-state index in [-0.39, 0.29) is 24.3 Å². The Hall–Kier alpha value is -3.88. The van der Waals surface area contributed by atoms with Crippen molar-refractivity contribution in [2.45, 2.75) is 52.2 Å². The minimum absolute atomic E-state index is 0.0429. The molecule has 0 aliphatic carbocycles. The van der Waals surface area contributed by atoms with Gasteiger partial charge in [-0.1, -0.05) is 6.92 Å². The number of likely N-dealkylation sites (tertiary alicyclic amines) is 1. The van der Waals surface area contributed by atoms with Crippen molar-refractivity contribution in [1.82, 2.24) is 24.9 Å². The Kier molecular flexibility index (Phi) is 7.24. The Balaban J connectivity index is 1.78. The van der Waals surface area contributed by atoms with Gasteiger partial charge in [-0.2, -0.15) is 5.26 Å². The van der Waals surface area contributed by atoms with Crippen LogP contribution in [0.2, 0.25) is 0 Å². The van der Waals surface area contributed by atoms with Crippen molar-refractivity contribution in [2.24, 2.45) is 5.92 Å². The zero-order valence-electron chi connectivity index (χ0n) is 19.9. The van der Waals surface area contributed by atoms with Crippen molar-refractivity contribution in [2.75, 3.05) is 25.0 Å². The first-order valence-electron chi connectivity index (χ1n) is 10.9. The van der Waals surface area contributed by atoms with Crippen LogP contribution in [0.4, 0.5) is 15.4 Å². The molecule has 1 N–H and O–H groups in total. The van der Waals surface area contributed by atoms with Gasteiger partial charge < -0.3 is 19.4 Å². The largest absolute Gasteiger partial charge is 0.444 e. The summed E-state index contributed by atoms with van der Waals surface area (Å²) in [6.45, 7) is 8.25. The molecule has 1 aliphatic rings. The third kappa shape index (κ3) is 5.54. The van der Waals surface area contributed by atoms with Gasteiger partial charge >= 0.3 is 12.2 Å². The zero-order chi connectivity index (χ0) is 25.0. The van der Waals surface area contributed by atoms with Crippen LogP contribution in [-0.2, 0) is 14.4 Å². The quantitative estimate of drug-likeness (QED) is 0.668. The average molecular weight is 472 g/mol. The third-order valence-electron chi connectivity index (χ3n) is 5.61. The molecule has 1 aliphatic heterocycles. The summed E-state index contributed by atoms with van der Waals surface area (Å²) in [5, 5.41) is 9.46. The second kappa shape index (κ2) is 9.94. The fraction of sp³-hybridized carbons (Fsp3) is 0.545. The summed E-state index contributed by atoms with van der Waals surface area (Å²) in [4.78, 5) is 53.7. The topological polar surface area (TPSA) is 143 Å². The molecular weight excluding hydrogens is 442 g/mol. The van der Waals surface area contributed by atoms with Crippen LogP contribution in [0.25, 0.3) is 11.0 Å². The molecule has 0 aromatic carbocycles. The van der Waals surface area contributed by atoms with E-state index < -0.39 is 17.8 Å². The first-order valence-corrected chi connectivity index (χ1v) is 10.9. The molecule has 0 spiro atoms. The molecule has 1 saturated heterocycles.